The number of pyridine rings is 1. The van der Waals surface area contributed by atoms with E-state index in [-0.39, 0.29) is 11.7 Å². The third kappa shape index (κ3) is 6.11. The predicted molar refractivity (Wildman–Crippen MR) is 101 cm³/mol. The fourth-order valence-corrected chi connectivity index (χ4v) is 3.07. The molecule has 0 fully saturated rings. The fourth-order valence-electron chi connectivity index (χ4n) is 3.07. The SMILES string of the molecule is CCCCCCCCCCNC(=O)c1cc(C)nc2ccc(F)cc12. The Morgan fingerprint density at radius 3 is 2.44 bits per heavy atom. The highest BCUT2D eigenvalue weighted by molar-refractivity contribution is 6.06. The van der Waals surface area contributed by atoms with Crippen LogP contribution in [0, 0.1) is 12.7 Å². The Labute approximate surface area is 150 Å². The number of carbonyl (C=O) groups is 1. The van der Waals surface area contributed by atoms with Crippen LogP contribution in [-0.4, -0.2) is 17.4 Å². The molecule has 136 valence electrons. The van der Waals surface area contributed by atoms with Gasteiger partial charge < -0.3 is 5.32 Å². The van der Waals surface area contributed by atoms with E-state index in [2.05, 4.69) is 17.2 Å². The van der Waals surface area contributed by atoms with E-state index in [4.69, 9.17) is 0 Å². The van der Waals surface area contributed by atoms with Gasteiger partial charge in [0.25, 0.3) is 5.91 Å². The van der Waals surface area contributed by atoms with Crippen molar-refractivity contribution in [2.24, 2.45) is 0 Å². The van der Waals surface area contributed by atoms with Crippen molar-refractivity contribution in [2.75, 3.05) is 6.54 Å². The van der Waals surface area contributed by atoms with E-state index in [0.717, 1.165) is 18.5 Å². The summed E-state index contributed by atoms with van der Waals surface area (Å²) < 4.78 is 13.5. The van der Waals surface area contributed by atoms with E-state index in [0.29, 0.717) is 23.0 Å². The van der Waals surface area contributed by atoms with E-state index < -0.39 is 0 Å². The Kier molecular flexibility index (Phi) is 7.83. The van der Waals surface area contributed by atoms with Gasteiger partial charge in [-0.2, -0.15) is 0 Å². The Bertz CT molecular complexity index is 700. The molecule has 4 heteroatoms. The maximum absolute atomic E-state index is 13.5. The average molecular weight is 344 g/mol. The molecule has 2 rings (SSSR count). The second kappa shape index (κ2) is 10.1. The van der Waals surface area contributed by atoms with Crippen LogP contribution in [0.5, 0.6) is 0 Å². The number of carbonyl (C=O) groups excluding carboxylic acids is 1. The number of aryl methyl sites for hydroxylation is 1. The zero-order valence-corrected chi connectivity index (χ0v) is 15.4. The number of benzene rings is 1. The fraction of sp³-hybridized carbons (Fsp3) is 0.524. The van der Waals surface area contributed by atoms with Crippen LogP contribution in [0.25, 0.3) is 10.9 Å². The van der Waals surface area contributed by atoms with Gasteiger partial charge >= 0.3 is 0 Å². The number of rotatable bonds is 10. The summed E-state index contributed by atoms with van der Waals surface area (Å²) in [6, 6.07) is 6.10. The summed E-state index contributed by atoms with van der Waals surface area (Å²) >= 11 is 0. The van der Waals surface area contributed by atoms with Gasteiger partial charge in [-0.05, 0) is 37.6 Å². The molecule has 2 aromatic rings. The summed E-state index contributed by atoms with van der Waals surface area (Å²) in [6.45, 7) is 4.73. The molecule has 0 unspecified atom stereocenters. The van der Waals surface area contributed by atoms with Crippen molar-refractivity contribution in [3.8, 4) is 0 Å². The maximum atomic E-state index is 13.5. The number of aromatic nitrogens is 1. The van der Waals surface area contributed by atoms with Gasteiger partial charge in [0.1, 0.15) is 5.82 Å². The van der Waals surface area contributed by atoms with Crippen LogP contribution in [0.1, 0.15) is 74.3 Å². The highest BCUT2D eigenvalue weighted by atomic mass is 19.1. The standard InChI is InChI=1S/C21H29FN2O/c1-3-4-5-6-7-8-9-10-13-23-21(25)19-14-16(2)24-20-12-11-17(22)15-18(19)20/h11-12,14-15H,3-10,13H2,1-2H3,(H,23,25). The molecule has 3 nitrogen and oxygen atoms in total. The molecule has 0 bridgehead atoms. The lowest BCUT2D eigenvalue weighted by Gasteiger charge is -2.09. The maximum Gasteiger partial charge on any atom is 0.252 e. The molecule has 1 amide bonds. The minimum absolute atomic E-state index is 0.149. The summed E-state index contributed by atoms with van der Waals surface area (Å²) in [7, 11) is 0. The lowest BCUT2D eigenvalue weighted by molar-refractivity contribution is 0.0954. The minimum Gasteiger partial charge on any atom is -0.352 e. The molecule has 1 N–H and O–H groups in total. The van der Waals surface area contributed by atoms with Crippen LogP contribution in [0.2, 0.25) is 0 Å². The topological polar surface area (TPSA) is 42.0 Å². The monoisotopic (exact) mass is 344 g/mol. The number of nitrogens with one attached hydrogen (secondary N) is 1. The minimum atomic E-state index is -0.352. The Morgan fingerprint density at radius 1 is 1.04 bits per heavy atom. The number of hydrogen-bond donors (Lipinski definition) is 1. The van der Waals surface area contributed by atoms with Crippen LogP contribution in [0.4, 0.5) is 4.39 Å². The molecule has 1 heterocycles. The number of nitrogens with zero attached hydrogens (tertiary/aromatic N) is 1. The van der Waals surface area contributed by atoms with Gasteiger partial charge in [-0.15, -0.1) is 0 Å². The van der Waals surface area contributed by atoms with Gasteiger partial charge in [-0.25, -0.2) is 4.39 Å². The Balaban J connectivity index is 1.81. The number of hydrogen-bond acceptors (Lipinski definition) is 2. The van der Waals surface area contributed by atoms with E-state index in [9.17, 15) is 9.18 Å². The van der Waals surface area contributed by atoms with Gasteiger partial charge in [-0.1, -0.05) is 51.9 Å². The van der Waals surface area contributed by atoms with Gasteiger partial charge in [0.2, 0.25) is 0 Å². The van der Waals surface area contributed by atoms with Crippen molar-refractivity contribution in [1.82, 2.24) is 10.3 Å². The zero-order valence-electron chi connectivity index (χ0n) is 15.4. The number of fused-ring (bicyclic) bond motifs is 1. The molecule has 0 aliphatic heterocycles. The van der Waals surface area contributed by atoms with Gasteiger partial charge in [-0.3, -0.25) is 9.78 Å². The molecule has 0 aliphatic rings. The third-order valence-corrected chi connectivity index (χ3v) is 4.46. The molecule has 1 aromatic carbocycles. The molecule has 25 heavy (non-hydrogen) atoms. The summed E-state index contributed by atoms with van der Waals surface area (Å²) in [5.41, 5.74) is 1.91. The lowest BCUT2D eigenvalue weighted by atomic mass is 10.1. The highest BCUT2D eigenvalue weighted by Gasteiger charge is 2.12. The third-order valence-electron chi connectivity index (χ3n) is 4.46. The number of amides is 1. The first-order valence-electron chi connectivity index (χ1n) is 9.47. The van der Waals surface area contributed by atoms with Crippen molar-refractivity contribution >= 4 is 16.8 Å². The van der Waals surface area contributed by atoms with Crippen molar-refractivity contribution in [3.05, 3.63) is 41.3 Å². The summed E-state index contributed by atoms with van der Waals surface area (Å²) in [5.74, 6) is -0.501. The zero-order chi connectivity index (χ0) is 18.1. The van der Waals surface area contributed by atoms with Crippen molar-refractivity contribution in [2.45, 2.75) is 65.2 Å². The second-order valence-corrected chi connectivity index (χ2v) is 6.70. The van der Waals surface area contributed by atoms with Crippen LogP contribution in [0.3, 0.4) is 0 Å². The quantitative estimate of drug-likeness (QED) is 0.574. The largest absolute Gasteiger partial charge is 0.352 e. The van der Waals surface area contributed by atoms with E-state index in [1.807, 2.05) is 6.92 Å². The van der Waals surface area contributed by atoms with Gasteiger partial charge in [0.15, 0.2) is 0 Å². The molecular weight excluding hydrogens is 315 g/mol. The Morgan fingerprint density at radius 2 is 1.72 bits per heavy atom. The molecule has 1 aromatic heterocycles. The van der Waals surface area contributed by atoms with E-state index in [1.54, 1.807) is 12.1 Å². The second-order valence-electron chi connectivity index (χ2n) is 6.70. The molecular formula is C21H29FN2O. The van der Waals surface area contributed by atoms with Gasteiger partial charge in [0, 0.05) is 17.6 Å². The van der Waals surface area contributed by atoms with Crippen LogP contribution >= 0.6 is 0 Å². The Hall–Kier alpha value is -1.97. The molecule has 0 saturated heterocycles. The lowest BCUT2D eigenvalue weighted by Crippen LogP contribution is -2.25. The molecule has 0 radical (unpaired) electrons. The highest BCUT2D eigenvalue weighted by Crippen LogP contribution is 2.19. The first kappa shape index (κ1) is 19.4. The summed E-state index contributed by atoms with van der Waals surface area (Å²) in [5, 5.41) is 3.53. The number of halogens is 1. The molecule has 0 saturated carbocycles. The van der Waals surface area contributed by atoms with E-state index >= 15 is 0 Å². The average Bonchev–Trinajstić information content (AvgIpc) is 2.59. The van der Waals surface area contributed by atoms with Gasteiger partial charge in [0.05, 0.1) is 11.1 Å². The van der Waals surface area contributed by atoms with E-state index in [1.165, 1.54) is 50.7 Å². The first-order valence-corrected chi connectivity index (χ1v) is 9.47. The van der Waals surface area contributed by atoms with Crippen LogP contribution in [0.15, 0.2) is 24.3 Å². The molecule has 0 spiro atoms. The first-order chi connectivity index (χ1) is 12.1. The molecule has 0 atom stereocenters. The predicted octanol–water partition coefficient (Wildman–Crippen LogP) is 5.55. The van der Waals surface area contributed by atoms with Crippen molar-refractivity contribution in [3.63, 3.8) is 0 Å². The summed E-state index contributed by atoms with van der Waals surface area (Å²) in [4.78, 5) is 16.8. The smallest absolute Gasteiger partial charge is 0.252 e. The molecule has 0 aliphatic carbocycles. The van der Waals surface area contributed by atoms with Crippen LogP contribution in [-0.2, 0) is 0 Å². The number of unbranched alkanes of at least 4 members (excludes halogenated alkanes) is 7. The normalized spacial score (nSPS) is 11.0. The summed E-state index contributed by atoms with van der Waals surface area (Å²) in [6.07, 6.45) is 9.87. The van der Waals surface area contributed by atoms with Crippen molar-refractivity contribution < 1.29 is 9.18 Å². The van der Waals surface area contributed by atoms with Crippen molar-refractivity contribution in [1.29, 1.82) is 0 Å². The van der Waals surface area contributed by atoms with Crippen LogP contribution < -0.4 is 5.32 Å².